The molecule has 1 rings (SSSR count). The van der Waals surface area contributed by atoms with E-state index >= 15 is 0 Å². The third-order valence-electron chi connectivity index (χ3n) is 1.71. The number of benzene rings is 1. The van der Waals surface area contributed by atoms with Crippen LogP contribution in [0, 0.1) is 12.7 Å². The molecule has 13 heavy (non-hydrogen) atoms. The lowest BCUT2D eigenvalue weighted by atomic mass is 10.1. The summed E-state index contributed by atoms with van der Waals surface area (Å²) in [5.41, 5.74) is 0.943. The number of carbonyl (C=O) groups is 1. The lowest BCUT2D eigenvalue weighted by Gasteiger charge is -1.99. The summed E-state index contributed by atoms with van der Waals surface area (Å²) in [6.07, 6.45) is 2.95. The van der Waals surface area contributed by atoms with Gasteiger partial charge in [0.25, 0.3) is 0 Å². The van der Waals surface area contributed by atoms with Crippen LogP contribution in [0.25, 0.3) is 0 Å². The number of hydrogen-bond acceptors (Lipinski definition) is 1. The van der Waals surface area contributed by atoms with E-state index in [1.807, 2.05) is 0 Å². The fraction of sp³-hybridized carbons (Fsp3) is 0.182. The van der Waals surface area contributed by atoms with Crippen LogP contribution in [0.15, 0.2) is 30.4 Å². The Labute approximate surface area is 76.9 Å². The highest BCUT2D eigenvalue weighted by molar-refractivity contribution is 6.04. The molecule has 1 aromatic carbocycles. The van der Waals surface area contributed by atoms with E-state index in [0.29, 0.717) is 0 Å². The Kier molecular flexibility index (Phi) is 2.96. The Morgan fingerprint density at radius 2 is 2.15 bits per heavy atom. The molecule has 0 amide bonds. The first kappa shape index (κ1) is 9.65. The SMILES string of the molecule is C/C=C/C(=O)c1ccc(C)cc1F. The molecule has 0 saturated carbocycles. The molecule has 1 nitrogen and oxygen atoms in total. The van der Waals surface area contributed by atoms with Gasteiger partial charge in [-0.05, 0) is 37.6 Å². The summed E-state index contributed by atoms with van der Waals surface area (Å²) in [6.45, 7) is 3.51. The van der Waals surface area contributed by atoms with Gasteiger partial charge in [-0.15, -0.1) is 0 Å². The highest BCUT2D eigenvalue weighted by atomic mass is 19.1. The third kappa shape index (κ3) is 2.25. The third-order valence-corrected chi connectivity index (χ3v) is 1.71. The number of rotatable bonds is 2. The summed E-state index contributed by atoms with van der Waals surface area (Å²) < 4.78 is 13.2. The van der Waals surface area contributed by atoms with Crippen molar-refractivity contribution in [3.05, 3.63) is 47.3 Å². The molecule has 2 heteroatoms. The lowest BCUT2D eigenvalue weighted by molar-refractivity contribution is 0.104. The van der Waals surface area contributed by atoms with Crippen molar-refractivity contribution in [2.75, 3.05) is 0 Å². The van der Waals surface area contributed by atoms with E-state index in [1.54, 1.807) is 26.0 Å². The van der Waals surface area contributed by atoms with Crippen LogP contribution in [0.2, 0.25) is 0 Å². The zero-order chi connectivity index (χ0) is 9.84. The Morgan fingerprint density at radius 1 is 1.46 bits per heavy atom. The fourth-order valence-corrected chi connectivity index (χ4v) is 1.06. The van der Waals surface area contributed by atoms with Crippen molar-refractivity contribution in [2.24, 2.45) is 0 Å². The average Bonchev–Trinajstić information content (AvgIpc) is 2.04. The Bertz CT molecular complexity index is 353. The second-order valence-corrected chi connectivity index (χ2v) is 2.85. The van der Waals surface area contributed by atoms with E-state index in [4.69, 9.17) is 0 Å². The molecule has 0 heterocycles. The minimum Gasteiger partial charge on any atom is -0.289 e. The highest BCUT2D eigenvalue weighted by Gasteiger charge is 2.07. The number of halogens is 1. The van der Waals surface area contributed by atoms with Crippen molar-refractivity contribution < 1.29 is 9.18 Å². The molecule has 0 bridgehead atoms. The van der Waals surface area contributed by atoms with Crippen molar-refractivity contribution in [1.82, 2.24) is 0 Å². The van der Waals surface area contributed by atoms with E-state index in [-0.39, 0.29) is 11.3 Å². The first-order chi connectivity index (χ1) is 6.15. The number of carbonyl (C=O) groups excluding carboxylic acids is 1. The van der Waals surface area contributed by atoms with Gasteiger partial charge in [-0.3, -0.25) is 4.79 Å². The first-order valence-corrected chi connectivity index (χ1v) is 4.08. The summed E-state index contributed by atoms with van der Waals surface area (Å²) in [5.74, 6) is -0.747. The predicted molar refractivity (Wildman–Crippen MR) is 50.3 cm³/mol. The standard InChI is InChI=1S/C11H11FO/c1-3-4-11(13)9-6-5-8(2)7-10(9)12/h3-7H,1-2H3/b4-3+. The van der Waals surface area contributed by atoms with Gasteiger partial charge in [0.05, 0.1) is 5.56 Å². The Balaban J connectivity index is 3.09. The van der Waals surface area contributed by atoms with Crippen LogP contribution < -0.4 is 0 Å². The van der Waals surface area contributed by atoms with E-state index in [9.17, 15) is 9.18 Å². The number of aryl methyl sites for hydroxylation is 1. The van der Waals surface area contributed by atoms with Gasteiger partial charge < -0.3 is 0 Å². The van der Waals surface area contributed by atoms with Crippen LogP contribution in [0.1, 0.15) is 22.8 Å². The van der Waals surface area contributed by atoms with Crippen LogP contribution in [0.4, 0.5) is 4.39 Å². The van der Waals surface area contributed by atoms with Gasteiger partial charge >= 0.3 is 0 Å². The van der Waals surface area contributed by atoms with Crippen LogP contribution in [-0.2, 0) is 0 Å². The van der Waals surface area contributed by atoms with Crippen molar-refractivity contribution >= 4 is 5.78 Å². The Hall–Kier alpha value is -1.44. The predicted octanol–water partition coefficient (Wildman–Crippen LogP) is 2.89. The second kappa shape index (κ2) is 3.99. The summed E-state index contributed by atoms with van der Waals surface area (Å²) in [6, 6.07) is 4.59. The highest BCUT2D eigenvalue weighted by Crippen LogP contribution is 2.10. The normalized spacial score (nSPS) is 10.7. The minimum absolute atomic E-state index is 0.128. The van der Waals surface area contributed by atoms with Crippen LogP contribution in [0.5, 0.6) is 0 Å². The number of ketones is 1. The molecular weight excluding hydrogens is 167 g/mol. The molecule has 0 fully saturated rings. The quantitative estimate of drug-likeness (QED) is 0.502. The number of hydrogen-bond donors (Lipinski definition) is 0. The molecule has 0 atom stereocenters. The lowest BCUT2D eigenvalue weighted by Crippen LogP contribution is -1.98. The van der Waals surface area contributed by atoms with Gasteiger partial charge in [-0.1, -0.05) is 12.1 Å². The second-order valence-electron chi connectivity index (χ2n) is 2.85. The van der Waals surface area contributed by atoms with Gasteiger partial charge in [0.15, 0.2) is 5.78 Å². The van der Waals surface area contributed by atoms with Crippen molar-refractivity contribution in [3.63, 3.8) is 0 Å². The maximum absolute atomic E-state index is 13.2. The number of allylic oxidation sites excluding steroid dienone is 2. The van der Waals surface area contributed by atoms with E-state index in [0.717, 1.165) is 5.56 Å². The van der Waals surface area contributed by atoms with Crippen molar-refractivity contribution in [1.29, 1.82) is 0 Å². The summed E-state index contributed by atoms with van der Waals surface area (Å²) in [5, 5.41) is 0. The van der Waals surface area contributed by atoms with E-state index in [2.05, 4.69) is 0 Å². The Morgan fingerprint density at radius 3 is 2.69 bits per heavy atom. The van der Waals surface area contributed by atoms with Crippen molar-refractivity contribution in [2.45, 2.75) is 13.8 Å². The molecule has 0 aliphatic carbocycles. The smallest absolute Gasteiger partial charge is 0.188 e. The molecule has 0 aromatic heterocycles. The summed E-state index contributed by atoms with van der Waals surface area (Å²) in [4.78, 5) is 11.3. The minimum atomic E-state index is -0.455. The largest absolute Gasteiger partial charge is 0.289 e. The van der Waals surface area contributed by atoms with Crippen LogP contribution in [-0.4, -0.2) is 5.78 Å². The molecule has 0 saturated heterocycles. The molecule has 0 N–H and O–H groups in total. The fourth-order valence-electron chi connectivity index (χ4n) is 1.06. The summed E-state index contributed by atoms with van der Waals surface area (Å²) in [7, 11) is 0. The maximum atomic E-state index is 13.2. The van der Waals surface area contributed by atoms with Crippen LogP contribution >= 0.6 is 0 Å². The van der Waals surface area contributed by atoms with Gasteiger partial charge in [0, 0.05) is 0 Å². The molecule has 0 unspecified atom stereocenters. The molecule has 0 aliphatic rings. The van der Waals surface area contributed by atoms with Gasteiger partial charge in [0.1, 0.15) is 5.82 Å². The summed E-state index contributed by atoms with van der Waals surface area (Å²) >= 11 is 0. The zero-order valence-corrected chi connectivity index (χ0v) is 7.67. The van der Waals surface area contributed by atoms with Crippen molar-refractivity contribution in [3.8, 4) is 0 Å². The van der Waals surface area contributed by atoms with Gasteiger partial charge in [-0.2, -0.15) is 0 Å². The molecule has 0 aliphatic heterocycles. The molecule has 0 radical (unpaired) electrons. The van der Waals surface area contributed by atoms with Crippen LogP contribution in [0.3, 0.4) is 0 Å². The monoisotopic (exact) mass is 178 g/mol. The topological polar surface area (TPSA) is 17.1 Å². The van der Waals surface area contributed by atoms with Gasteiger partial charge in [0.2, 0.25) is 0 Å². The van der Waals surface area contributed by atoms with E-state index in [1.165, 1.54) is 18.2 Å². The molecular formula is C11H11FO. The molecule has 0 spiro atoms. The first-order valence-electron chi connectivity index (χ1n) is 4.08. The molecule has 1 aromatic rings. The average molecular weight is 178 g/mol. The molecule has 68 valence electrons. The maximum Gasteiger partial charge on any atom is 0.188 e. The van der Waals surface area contributed by atoms with E-state index < -0.39 is 5.82 Å². The zero-order valence-electron chi connectivity index (χ0n) is 7.67. The van der Waals surface area contributed by atoms with Gasteiger partial charge in [-0.25, -0.2) is 4.39 Å².